The average Bonchev–Trinajstić information content (AvgIpc) is 3.17. The van der Waals surface area contributed by atoms with Gasteiger partial charge in [0.2, 0.25) is 17.7 Å². The van der Waals surface area contributed by atoms with E-state index in [1.807, 2.05) is 24.3 Å². The summed E-state index contributed by atoms with van der Waals surface area (Å²) in [6.07, 6.45) is 0.669. The van der Waals surface area contributed by atoms with Crippen LogP contribution < -0.4 is 21.7 Å². The van der Waals surface area contributed by atoms with Crippen LogP contribution in [0.4, 0.5) is 0 Å². The molecule has 2 aromatic rings. The molecule has 2 rings (SSSR count). The van der Waals surface area contributed by atoms with Gasteiger partial charge in [0, 0.05) is 22.9 Å². The number of rotatable bonds is 11. The molecule has 0 fully saturated rings. The number of aromatic amines is 1. The highest BCUT2D eigenvalue weighted by Crippen LogP contribution is 2.18. The van der Waals surface area contributed by atoms with E-state index in [1.165, 1.54) is 13.8 Å². The number of aliphatic hydroxyl groups is 1. The van der Waals surface area contributed by atoms with Crippen molar-refractivity contribution in [2.45, 2.75) is 50.5 Å². The van der Waals surface area contributed by atoms with E-state index in [-0.39, 0.29) is 12.2 Å². The number of benzene rings is 1. The Morgan fingerprint density at radius 1 is 1.06 bits per heavy atom. The first kappa shape index (κ1) is 26.2. The summed E-state index contributed by atoms with van der Waals surface area (Å²) < 4.78 is 0. The zero-order valence-corrected chi connectivity index (χ0v) is 19.1. The van der Waals surface area contributed by atoms with E-state index in [9.17, 15) is 24.3 Å². The van der Waals surface area contributed by atoms with Crippen LogP contribution >= 0.6 is 12.6 Å². The summed E-state index contributed by atoms with van der Waals surface area (Å²) in [5.74, 6) is -3.62. The summed E-state index contributed by atoms with van der Waals surface area (Å²) in [6, 6.07) is 2.82. The standard InChI is InChI=1S/C21H29N5O6S/c1-10(21(31)32)24-20(30)17(11(2)27)26-19(29)16(9-33)25-18(28)14(22)7-12-8-23-15-6-4-3-5-13(12)15/h3-6,8,10-11,14,16-17,23,27,33H,7,9,22H2,1-2H3,(H,24,30)(H,25,28)(H,26,29)(H,31,32). The number of hydrogen-bond donors (Lipinski definition) is 8. The number of fused-ring (bicyclic) bond motifs is 1. The van der Waals surface area contributed by atoms with Crippen molar-refractivity contribution < 1.29 is 29.4 Å². The average molecular weight is 480 g/mol. The Kier molecular flexibility index (Phi) is 9.26. The Balaban J connectivity index is 2.00. The normalized spacial score (nSPS) is 15.7. The lowest BCUT2D eigenvalue weighted by Crippen LogP contribution is -2.60. The van der Waals surface area contributed by atoms with E-state index < -0.39 is 54.0 Å². The molecule has 11 nitrogen and oxygen atoms in total. The topological polar surface area (TPSA) is 187 Å². The lowest BCUT2D eigenvalue weighted by molar-refractivity contribution is -0.142. The lowest BCUT2D eigenvalue weighted by atomic mass is 10.0. The number of aliphatic hydroxyl groups excluding tert-OH is 1. The maximum absolute atomic E-state index is 12.6. The zero-order valence-electron chi connectivity index (χ0n) is 18.2. The first-order chi connectivity index (χ1) is 15.5. The number of para-hydroxylation sites is 1. The van der Waals surface area contributed by atoms with Crippen LogP contribution in [0.1, 0.15) is 19.4 Å². The van der Waals surface area contributed by atoms with Crippen LogP contribution in [0.5, 0.6) is 0 Å². The molecule has 8 N–H and O–H groups in total. The maximum atomic E-state index is 12.6. The van der Waals surface area contributed by atoms with E-state index in [4.69, 9.17) is 10.8 Å². The molecule has 0 aliphatic carbocycles. The lowest BCUT2D eigenvalue weighted by Gasteiger charge is -2.25. The minimum Gasteiger partial charge on any atom is -0.480 e. The van der Waals surface area contributed by atoms with Gasteiger partial charge in [-0.25, -0.2) is 0 Å². The SMILES string of the molecule is CC(NC(=O)C(NC(=O)C(CS)NC(=O)C(N)Cc1c[nH]c2ccccc12)C(C)O)C(=O)O. The summed E-state index contributed by atoms with van der Waals surface area (Å²) in [5, 5.41) is 26.7. The van der Waals surface area contributed by atoms with Crippen LogP contribution in [0.3, 0.4) is 0 Å². The van der Waals surface area contributed by atoms with Crippen molar-refractivity contribution in [2.24, 2.45) is 5.73 Å². The molecule has 0 bridgehead atoms. The number of aromatic nitrogens is 1. The van der Waals surface area contributed by atoms with Crippen molar-refractivity contribution in [1.29, 1.82) is 0 Å². The second-order valence-corrected chi connectivity index (χ2v) is 8.07. The predicted molar refractivity (Wildman–Crippen MR) is 125 cm³/mol. The molecule has 0 saturated heterocycles. The van der Waals surface area contributed by atoms with E-state index in [2.05, 4.69) is 33.6 Å². The zero-order chi connectivity index (χ0) is 24.7. The van der Waals surface area contributed by atoms with Gasteiger partial charge >= 0.3 is 5.97 Å². The molecule has 5 atom stereocenters. The number of carboxylic acids is 1. The molecule has 0 aliphatic rings. The molecule has 12 heteroatoms. The smallest absolute Gasteiger partial charge is 0.325 e. The molecule has 1 aromatic carbocycles. The molecule has 0 spiro atoms. The Morgan fingerprint density at radius 3 is 2.33 bits per heavy atom. The molecule has 0 saturated carbocycles. The number of hydrogen-bond acceptors (Lipinski definition) is 7. The van der Waals surface area contributed by atoms with Crippen LogP contribution in [0.25, 0.3) is 10.9 Å². The Bertz CT molecular complexity index is 1010. The van der Waals surface area contributed by atoms with E-state index in [0.717, 1.165) is 16.5 Å². The summed E-state index contributed by atoms with van der Waals surface area (Å²) >= 11 is 4.08. The van der Waals surface area contributed by atoms with Gasteiger partial charge in [-0.2, -0.15) is 12.6 Å². The van der Waals surface area contributed by atoms with Crippen molar-refractivity contribution in [3.63, 3.8) is 0 Å². The third kappa shape index (κ3) is 6.94. The first-order valence-electron chi connectivity index (χ1n) is 10.3. The van der Waals surface area contributed by atoms with Crippen molar-refractivity contribution >= 4 is 47.2 Å². The molecular formula is C21H29N5O6S. The highest BCUT2D eigenvalue weighted by atomic mass is 32.1. The molecule has 180 valence electrons. The van der Waals surface area contributed by atoms with Crippen molar-refractivity contribution in [2.75, 3.05) is 5.75 Å². The number of thiol groups is 1. The molecule has 33 heavy (non-hydrogen) atoms. The van der Waals surface area contributed by atoms with Crippen molar-refractivity contribution in [3.8, 4) is 0 Å². The molecule has 0 aliphatic heterocycles. The van der Waals surface area contributed by atoms with Crippen LogP contribution in [0.15, 0.2) is 30.5 Å². The largest absolute Gasteiger partial charge is 0.480 e. The minimum atomic E-state index is -1.43. The highest BCUT2D eigenvalue weighted by molar-refractivity contribution is 7.80. The molecule has 0 radical (unpaired) electrons. The van der Waals surface area contributed by atoms with E-state index >= 15 is 0 Å². The van der Waals surface area contributed by atoms with Gasteiger partial charge in [0.1, 0.15) is 18.1 Å². The van der Waals surface area contributed by atoms with Gasteiger partial charge in [-0.3, -0.25) is 19.2 Å². The third-order valence-corrected chi connectivity index (χ3v) is 5.42. The third-order valence-electron chi connectivity index (χ3n) is 5.06. The predicted octanol–water partition coefficient (Wildman–Crippen LogP) is -1.09. The Morgan fingerprint density at radius 2 is 1.73 bits per heavy atom. The number of aliphatic carboxylic acids is 1. The molecule has 1 heterocycles. The molecular weight excluding hydrogens is 450 g/mol. The fourth-order valence-corrected chi connectivity index (χ4v) is 3.38. The van der Waals surface area contributed by atoms with Gasteiger partial charge in [-0.05, 0) is 31.9 Å². The van der Waals surface area contributed by atoms with Gasteiger partial charge in [0.25, 0.3) is 0 Å². The fraction of sp³-hybridized carbons (Fsp3) is 0.429. The Hall–Kier alpha value is -3.09. The van der Waals surface area contributed by atoms with E-state index in [1.54, 1.807) is 6.20 Å². The number of nitrogens with one attached hydrogen (secondary N) is 4. The Labute approximate surface area is 195 Å². The first-order valence-corrected chi connectivity index (χ1v) is 10.9. The van der Waals surface area contributed by atoms with Crippen LogP contribution in [-0.2, 0) is 25.6 Å². The summed E-state index contributed by atoms with van der Waals surface area (Å²) in [6.45, 7) is 2.51. The maximum Gasteiger partial charge on any atom is 0.325 e. The number of carboxylic acid groups (broad SMARTS) is 1. The van der Waals surface area contributed by atoms with Crippen LogP contribution in [0.2, 0.25) is 0 Å². The second-order valence-electron chi connectivity index (χ2n) is 7.71. The van der Waals surface area contributed by atoms with Gasteiger partial charge in [0.15, 0.2) is 0 Å². The summed E-state index contributed by atoms with van der Waals surface area (Å²) in [4.78, 5) is 51.6. The quantitative estimate of drug-likeness (QED) is 0.188. The number of H-pyrrole nitrogens is 1. The summed E-state index contributed by atoms with van der Waals surface area (Å²) in [7, 11) is 0. The van der Waals surface area contributed by atoms with Gasteiger partial charge in [-0.1, -0.05) is 18.2 Å². The number of amides is 3. The van der Waals surface area contributed by atoms with Gasteiger partial charge in [-0.15, -0.1) is 0 Å². The monoisotopic (exact) mass is 479 g/mol. The van der Waals surface area contributed by atoms with Crippen molar-refractivity contribution in [3.05, 3.63) is 36.0 Å². The molecule has 5 unspecified atom stereocenters. The van der Waals surface area contributed by atoms with E-state index in [0.29, 0.717) is 0 Å². The van der Waals surface area contributed by atoms with Crippen LogP contribution in [-0.4, -0.2) is 74.9 Å². The minimum absolute atomic E-state index is 0.100. The second kappa shape index (κ2) is 11.7. The summed E-state index contributed by atoms with van der Waals surface area (Å²) in [5.41, 5.74) is 7.80. The number of carbonyl (C=O) groups excluding carboxylic acids is 3. The van der Waals surface area contributed by atoms with Gasteiger partial charge < -0.3 is 36.9 Å². The fourth-order valence-electron chi connectivity index (χ4n) is 3.13. The highest BCUT2D eigenvalue weighted by Gasteiger charge is 2.31. The van der Waals surface area contributed by atoms with Crippen LogP contribution in [0, 0.1) is 0 Å². The number of carbonyl (C=O) groups is 4. The molecule has 1 aromatic heterocycles. The van der Waals surface area contributed by atoms with Gasteiger partial charge in [0.05, 0.1) is 12.1 Å². The van der Waals surface area contributed by atoms with Crippen molar-refractivity contribution in [1.82, 2.24) is 20.9 Å². The molecule has 3 amide bonds. The number of nitrogens with two attached hydrogens (primary N) is 1.